The fourth-order valence-electron chi connectivity index (χ4n) is 4.04. The Kier molecular flexibility index (Phi) is 6.91. The predicted molar refractivity (Wildman–Crippen MR) is 151 cm³/mol. The molecule has 0 fully saturated rings. The summed E-state index contributed by atoms with van der Waals surface area (Å²) in [5.41, 5.74) is 5.85. The maximum Gasteiger partial charge on any atom is 0.227 e. The van der Waals surface area contributed by atoms with Crippen molar-refractivity contribution >= 4 is 37.2 Å². The lowest BCUT2D eigenvalue weighted by atomic mass is 9.83. The molecule has 1 aliphatic rings. The van der Waals surface area contributed by atoms with Crippen LogP contribution in [0.25, 0.3) is 11.3 Å². The van der Waals surface area contributed by atoms with E-state index in [1.54, 1.807) is 6.20 Å². The van der Waals surface area contributed by atoms with Crippen molar-refractivity contribution in [3.8, 4) is 17.3 Å². The Bertz CT molecular complexity index is 1340. The molecule has 0 spiro atoms. The first-order chi connectivity index (χ1) is 16.8. The number of nitrogens with one attached hydrogen (secondary N) is 2. The molecule has 6 nitrogen and oxygen atoms in total. The summed E-state index contributed by atoms with van der Waals surface area (Å²) in [5, 5.41) is 17.5. The van der Waals surface area contributed by atoms with Gasteiger partial charge in [0.15, 0.2) is 8.32 Å². The molecule has 0 aliphatic carbocycles. The molecule has 2 N–H and O–H groups in total. The number of aromatic nitrogens is 2. The molecule has 2 heterocycles. The van der Waals surface area contributed by atoms with Gasteiger partial charge in [0.25, 0.3) is 0 Å². The van der Waals surface area contributed by atoms with Crippen LogP contribution in [0, 0.1) is 18.3 Å². The third kappa shape index (κ3) is 5.12. The molecule has 1 unspecified atom stereocenters. The standard InChI is InChI=1S/C28H34ClN5OSi/c1-18-8-9-21(29)14-24(18)34-26-31-11-10-23(33-26)19-12-20(15-30)25-22(13-19)28(5,16-32-25)17-35-36(6,7)27(2,3)4/h8-14,32H,16-17H2,1-7H3,(H,31,33,34). The molecule has 0 bridgehead atoms. The number of nitriles is 1. The minimum atomic E-state index is -1.92. The summed E-state index contributed by atoms with van der Waals surface area (Å²) in [5.74, 6) is 0.471. The second kappa shape index (κ2) is 9.51. The molecule has 1 aliphatic heterocycles. The molecule has 36 heavy (non-hydrogen) atoms. The monoisotopic (exact) mass is 519 g/mol. The highest BCUT2D eigenvalue weighted by atomic mass is 35.5. The van der Waals surface area contributed by atoms with Crippen LogP contribution in [-0.4, -0.2) is 31.4 Å². The van der Waals surface area contributed by atoms with E-state index < -0.39 is 8.32 Å². The van der Waals surface area contributed by atoms with Gasteiger partial charge < -0.3 is 15.1 Å². The molecule has 0 radical (unpaired) electrons. The molecule has 2 aromatic carbocycles. The lowest BCUT2D eigenvalue weighted by molar-refractivity contribution is 0.220. The summed E-state index contributed by atoms with van der Waals surface area (Å²) in [7, 11) is -1.92. The number of hydrogen-bond acceptors (Lipinski definition) is 6. The third-order valence-corrected chi connectivity index (χ3v) is 12.2. The first-order valence-electron chi connectivity index (χ1n) is 12.2. The second-order valence-electron chi connectivity index (χ2n) is 11.4. The number of rotatable bonds is 6. The largest absolute Gasteiger partial charge is 0.416 e. The minimum absolute atomic E-state index is 0.129. The Balaban J connectivity index is 1.68. The van der Waals surface area contributed by atoms with Gasteiger partial charge in [0.05, 0.1) is 16.9 Å². The van der Waals surface area contributed by atoms with Gasteiger partial charge in [0.2, 0.25) is 5.95 Å². The highest BCUT2D eigenvalue weighted by Crippen LogP contribution is 2.44. The van der Waals surface area contributed by atoms with E-state index in [1.807, 2.05) is 37.3 Å². The molecular weight excluding hydrogens is 486 g/mol. The van der Waals surface area contributed by atoms with Crippen molar-refractivity contribution in [2.24, 2.45) is 0 Å². The Morgan fingerprint density at radius 1 is 1.22 bits per heavy atom. The lowest BCUT2D eigenvalue weighted by Crippen LogP contribution is -2.45. The third-order valence-electron chi connectivity index (χ3n) is 7.52. The van der Waals surface area contributed by atoms with Gasteiger partial charge in [-0.2, -0.15) is 5.26 Å². The molecule has 8 heteroatoms. The minimum Gasteiger partial charge on any atom is -0.416 e. The summed E-state index contributed by atoms with van der Waals surface area (Å²) in [6, 6.07) is 13.9. The molecule has 1 atom stereocenters. The van der Waals surface area contributed by atoms with E-state index in [9.17, 15) is 5.26 Å². The quantitative estimate of drug-likeness (QED) is 0.329. The van der Waals surface area contributed by atoms with E-state index >= 15 is 0 Å². The SMILES string of the molecule is Cc1ccc(Cl)cc1Nc1nccc(-c2cc(C#N)c3c(c2)C(C)(CO[Si](C)(C)C(C)(C)C)CN3)n1. The van der Waals surface area contributed by atoms with Crippen molar-refractivity contribution in [2.45, 2.75) is 58.2 Å². The van der Waals surface area contributed by atoms with Gasteiger partial charge in [0, 0.05) is 41.0 Å². The van der Waals surface area contributed by atoms with Crippen LogP contribution in [0.3, 0.4) is 0 Å². The highest BCUT2D eigenvalue weighted by molar-refractivity contribution is 6.74. The summed E-state index contributed by atoms with van der Waals surface area (Å²) >= 11 is 6.18. The summed E-state index contributed by atoms with van der Waals surface area (Å²) < 4.78 is 6.63. The Morgan fingerprint density at radius 3 is 2.67 bits per heavy atom. The number of anilines is 3. The first-order valence-corrected chi connectivity index (χ1v) is 15.4. The number of benzene rings is 2. The molecule has 188 valence electrons. The zero-order chi connectivity index (χ0) is 26.3. The molecular formula is C28H34ClN5OSi. The van der Waals surface area contributed by atoms with Crippen LogP contribution < -0.4 is 10.6 Å². The van der Waals surface area contributed by atoms with E-state index in [-0.39, 0.29) is 10.5 Å². The Hall–Kier alpha value is -2.92. The zero-order valence-electron chi connectivity index (χ0n) is 22.1. The van der Waals surface area contributed by atoms with Crippen LogP contribution >= 0.6 is 11.6 Å². The van der Waals surface area contributed by atoms with Crippen LogP contribution in [-0.2, 0) is 9.84 Å². The van der Waals surface area contributed by atoms with Crippen molar-refractivity contribution in [1.82, 2.24) is 9.97 Å². The fraction of sp³-hybridized carbons (Fsp3) is 0.393. The van der Waals surface area contributed by atoms with Gasteiger partial charge in [-0.05, 0) is 66.5 Å². The predicted octanol–water partition coefficient (Wildman–Crippen LogP) is 7.43. The maximum absolute atomic E-state index is 9.94. The summed E-state index contributed by atoms with van der Waals surface area (Å²) in [4.78, 5) is 9.15. The van der Waals surface area contributed by atoms with Crippen molar-refractivity contribution in [2.75, 3.05) is 23.8 Å². The van der Waals surface area contributed by atoms with Crippen LogP contribution in [0.4, 0.5) is 17.3 Å². The highest BCUT2D eigenvalue weighted by Gasteiger charge is 2.42. The number of halogens is 1. The van der Waals surface area contributed by atoms with Crippen molar-refractivity contribution in [3.63, 3.8) is 0 Å². The van der Waals surface area contributed by atoms with E-state index in [1.165, 1.54) is 0 Å². The number of hydrogen-bond donors (Lipinski definition) is 2. The van der Waals surface area contributed by atoms with Gasteiger partial charge in [0.1, 0.15) is 6.07 Å². The molecule has 0 amide bonds. The van der Waals surface area contributed by atoms with E-state index in [2.05, 4.69) is 68.5 Å². The molecule has 0 saturated carbocycles. The van der Waals surface area contributed by atoms with E-state index in [0.717, 1.165) is 40.3 Å². The lowest BCUT2D eigenvalue weighted by Gasteiger charge is -2.39. The van der Waals surface area contributed by atoms with Crippen LogP contribution in [0.1, 0.15) is 44.4 Å². The van der Waals surface area contributed by atoms with Crippen LogP contribution in [0.2, 0.25) is 23.2 Å². The van der Waals surface area contributed by atoms with Gasteiger partial charge >= 0.3 is 0 Å². The maximum atomic E-state index is 9.94. The van der Waals surface area contributed by atoms with Gasteiger partial charge in [-0.25, -0.2) is 9.97 Å². The first kappa shape index (κ1) is 26.1. The molecule has 4 rings (SSSR count). The van der Waals surface area contributed by atoms with Gasteiger partial charge in [-0.1, -0.05) is 45.4 Å². The average molecular weight is 520 g/mol. The summed E-state index contributed by atoms with van der Waals surface area (Å²) in [6.07, 6.45) is 1.72. The average Bonchev–Trinajstić information content (AvgIpc) is 3.16. The fourth-order valence-corrected chi connectivity index (χ4v) is 5.32. The number of fused-ring (bicyclic) bond motifs is 1. The number of aryl methyl sites for hydroxylation is 1. The van der Waals surface area contributed by atoms with Gasteiger partial charge in [-0.3, -0.25) is 0 Å². The van der Waals surface area contributed by atoms with Gasteiger partial charge in [-0.15, -0.1) is 0 Å². The zero-order valence-corrected chi connectivity index (χ0v) is 23.8. The Labute approximate surface area is 220 Å². The topological polar surface area (TPSA) is 82.9 Å². The Morgan fingerprint density at radius 2 is 1.97 bits per heavy atom. The normalized spacial score (nSPS) is 17.3. The smallest absolute Gasteiger partial charge is 0.227 e. The molecule has 3 aromatic rings. The second-order valence-corrected chi connectivity index (χ2v) is 16.6. The molecule has 1 aromatic heterocycles. The van der Waals surface area contributed by atoms with Crippen LogP contribution in [0.15, 0.2) is 42.6 Å². The van der Waals surface area contributed by atoms with Crippen molar-refractivity contribution in [1.29, 1.82) is 5.26 Å². The number of nitrogens with zero attached hydrogens (tertiary/aromatic N) is 3. The van der Waals surface area contributed by atoms with E-state index in [4.69, 9.17) is 21.0 Å². The van der Waals surface area contributed by atoms with Crippen molar-refractivity contribution in [3.05, 3.63) is 64.3 Å². The van der Waals surface area contributed by atoms with E-state index in [0.29, 0.717) is 23.1 Å². The van der Waals surface area contributed by atoms with Crippen LogP contribution in [0.5, 0.6) is 0 Å². The molecule has 0 saturated heterocycles. The summed E-state index contributed by atoms with van der Waals surface area (Å²) in [6.45, 7) is 16.8. The van der Waals surface area contributed by atoms with Crippen molar-refractivity contribution < 1.29 is 4.43 Å².